The van der Waals surface area contributed by atoms with Crippen molar-refractivity contribution in [3.63, 3.8) is 0 Å². The lowest BCUT2D eigenvalue weighted by Gasteiger charge is -2.00. The van der Waals surface area contributed by atoms with E-state index in [9.17, 15) is 18.0 Å². The molecule has 0 spiro atoms. The van der Waals surface area contributed by atoms with E-state index in [1.807, 2.05) is 0 Å². The van der Waals surface area contributed by atoms with Crippen LogP contribution < -0.4 is 0 Å². The molecule has 0 aromatic carbocycles. The van der Waals surface area contributed by atoms with E-state index in [2.05, 4.69) is 0 Å². The summed E-state index contributed by atoms with van der Waals surface area (Å²) in [5.41, 5.74) is -0.289. The number of carbonyl (C=O) groups excluding carboxylic acids is 1. The highest BCUT2D eigenvalue weighted by Gasteiger charge is 2.39. The molecule has 1 aromatic heterocycles. The number of alkyl halides is 3. The van der Waals surface area contributed by atoms with Crippen LogP contribution in [-0.2, 0) is 0 Å². The topological polar surface area (TPSA) is 17.1 Å². The molecule has 0 bridgehead atoms. The van der Waals surface area contributed by atoms with E-state index in [1.54, 1.807) is 0 Å². The van der Waals surface area contributed by atoms with E-state index in [4.69, 9.17) is 0 Å². The highest BCUT2D eigenvalue weighted by Crippen LogP contribution is 2.22. The van der Waals surface area contributed by atoms with Crippen molar-refractivity contribution in [1.29, 1.82) is 0 Å². The zero-order valence-electron chi connectivity index (χ0n) is 5.18. The summed E-state index contributed by atoms with van der Waals surface area (Å²) in [6, 6.07) is 1.15. The first-order chi connectivity index (χ1) is 5.02. The lowest BCUT2D eigenvalue weighted by atomic mass is 10.2. The third kappa shape index (κ3) is 1.80. The first-order valence-corrected chi connectivity index (χ1v) is 3.60. The monoisotopic (exact) mass is 180 g/mol. The number of Topliss-reactive ketones (excluding diaryl/α,β-unsaturated/α-hetero) is 1. The quantitative estimate of drug-likeness (QED) is 0.607. The van der Waals surface area contributed by atoms with E-state index >= 15 is 0 Å². The van der Waals surface area contributed by atoms with Gasteiger partial charge in [0, 0.05) is 10.9 Å². The van der Waals surface area contributed by atoms with Gasteiger partial charge in [-0.1, -0.05) is 0 Å². The first-order valence-electron chi connectivity index (χ1n) is 2.65. The van der Waals surface area contributed by atoms with Gasteiger partial charge >= 0.3 is 6.18 Å². The van der Waals surface area contributed by atoms with Gasteiger partial charge in [-0.05, 0) is 11.4 Å². The Kier molecular flexibility index (Phi) is 1.99. The summed E-state index contributed by atoms with van der Waals surface area (Å²) >= 11 is 1.06. The van der Waals surface area contributed by atoms with Crippen molar-refractivity contribution >= 4 is 17.1 Å². The van der Waals surface area contributed by atoms with Crippen LogP contribution in [0.3, 0.4) is 0 Å². The van der Waals surface area contributed by atoms with Crippen molar-refractivity contribution < 1.29 is 18.0 Å². The standard InChI is InChI=1S/C6H3F3OS/c7-6(8,9)5(10)4-1-2-11-3-4/h1-3H. The Morgan fingerprint density at radius 1 is 1.45 bits per heavy atom. The second-order valence-electron chi connectivity index (χ2n) is 1.84. The molecule has 0 N–H and O–H groups in total. The Morgan fingerprint density at radius 2 is 2.09 bits per heavy atom. The lowest BCUT2D eigenvalue weighted by Crippen LogP contribution is -2.21. The molecule has 0 radical (unpaired) electrons. The number of hydrogen-bond acceptors (Lipinski definition) is 2. The third-order valence-electron chi connectivity index (χ3n) is 1.04. The van der Waals surface area contributed by atoms with Crippen LogP contribution in [0.1, 0.15) is 10.4 Å². The Balaban J connectivity index is 2.88. The van der Waals surface area contributed by atoms with E-state index in [-0.39, 0.29) is 5.56 Å². The predicted octanol–water partition coefficient (Wildman–Crippen LogP) is 2.49. The van der Waals surface area contributed by atoms with Crippen molar-refractivity contribution in [1.82, 2.24) is 0 Å². The second kappa shape index (κ2) is 2.65. The normalized spacial score (nSPS) is 11.5. The molecular weight excluding hydrogens is 177 g/mol. The molecule has 1 heterocycles. The zero-order chi connectivity index (χ0) is 8.48. The minimum absolute atomic E-state index is 0.289. The molecule has 0 fully saturated rings. The zero-order valence-corrected chi connectivity index (χ0v) is 6.00. The van der Waals surface area contributed by atoms with Gasteiger partial charge < -0.3 is 0 Å². The van der Waals surface area contributed by atoms with Crippen LogP contribution in [0, 0.1) is 0 Å². The van der Waals surface area contributed by atoms with Crippen LogP contribution >= 0.6 is 11.3 Å². The molecule has 0 aliphatic carbocycles. The Morgan fingerprint density at radius 3 is 2.45 bits per heavy atom. The highest BCUT2D eigenvalue weighted by molar-refractivity contribution is 7.08. The summed E-state index contributed by atoms with van der Waals surface area (Å²) in [7, 11) is 0. The van der Waals surface area contributed by atoms with Gasteiger partial charge in [0.25, 0.3) is 5.78 Å². The fraction of sp³-hybridized carbons (Fsp3) is 0.167. The van der Waals surface area contributed by atoms with E-state index < -0.39 is 12.0 Å². The summed E-state index contributed by atoms with van der Waals surface area (Å²) < 4.78 is 35.0. The van der Waals surface area contributed by atoms with E-state index in [0.29, 0.717) is 0 Å². The Labute approximate surface area is 64.5 Å². The molecule has 0 saturated carbocycles. The molecule has 0 aliphatic rings. The molecule has 1 nitrogen and oxygen atoms in total. The molecule has 11 heavy (non-hydrogen) atoms. The number of rotatable bonds is 1. The average Bonchev–Trinajstić information content (AvgIpc) is 2.34. The van der Waals surface area contributed by atoms with E-state index in [1.165, 1.54) is 10.8 Å². The molecule has 60 valence electrons. The largest absolute Gasteiger partial charge is 0.454 e. The van der Waals surface area contributed by atoms with Crippen LogP contribution in [0.25, 0.3) is 0 Å². The van der Waals surface area contributed by atoms with E-state index in [0.717, 1.165) is 17.4 Å². The maximum atomic E-state index is 11.7. The van der Waals surface area contributed by atoms with Gasteiger partial charge in [-0.25, -0.2) is 0 Å². The summed E-state index contributed by atoms with van der Waals surface area (Å²) in [4.78, 5) is 10.4. The summed E-state index contributed by atoms with van der Waals surface area (Å²) in [5.74, 6) is -1.78. The SMILES string of the molecule is O=C(c1ccsc1)C(F)(F)F. The molecule has 0 saturated heterocycles. The smallest absolute Gasteiger partial charge is 0.284 e. The predicted molar refractivity (Wildman–Crippen MR) is 34.7 cm³/mol. The molecule has 1 aromatic rings. The first kappa shape index (κ1) is 8.26. The average molecular weight is 180 g/mol. The minimum Gasteiger partial charge on any atom is -0.284 e. The molecule has 1 rings (SSSR count). The van der Waals surface area contributed by atoms with Gasteiger partial charge in [0.1, 0.15) is 0 Å². The van der Waals surface area contributed by atoms with Crippen LogP contribution in [0.2, 0.25) is 0 Å². The number of ketones is 1. The van der Waals surface area contributed by atoms with Gasteiger partial charge in [-0.2, -0.15) is 24.5 Å². The van der Waals surface area contributed by atoms with Gasteiger partial charge in [-0.3, -0.25) is 4.79 Å². The number of hydrogen-bond donors (Lipinski definition) is 0. The maximum Gasteiger partial charge on any atom is 0.454 e. The Bertz CT molecular complexity index is 249. The second-order valence-corrected chi connectivity index (χ2v) is 2.62. The summed E-state index contributed by atoms with van der Waals surface area (Å²) in [5, 5.41) is 2.61. The molecule has 0 atom stereocenters. The van der Waals surface area contributed by atoms with Crippen molar-refractivity contribution in [3.8, 4) is 0 Å². The number of thiophene rings is 1. The van der Waals surface area contributed by atoms with Gasteiger partial charge in [-0.15, -0.1) is 0 Å². The number of carbonyl (C=O) groups is 1. The van der Waals surface area contributed by atoms with Crippen molar-refractivity contribution in [3.05, 3.63) is 22.4 Å². The minimum atomic E-state index is -4.75. The van der Waals surface area contributed by atoms with Crippen LogP contribution in [0.5, 0.6) is 0 Å². The molecule has 0 amide bonds. The Hall–Kier alpha value is -0.840. The van der Waals surface area contributed by atoms with Crippen LogP contribution in [-0.4, -0.2) is 12.0 Å². The van der Waals surface area contributed by atoms with Gasteiger partial charge in [0.15, 0.2) is 0 Å². The van der Waals surface area contributed by atoms with Crippen molar-refractivity contribution in [2.45, 2.75) is 6.18 Å². The number of halogens is 3. The molecule has 5 heteroatoms. The van der Waals surface area contributed by atoms with Gasteiger partial charge in [0.2, 0.25) is 0 Å². The van der Waals surface area contributed by atoms with Gasteiger partial charge in [0.05, 0.1) is 0 Å². The summed E-state index contributed by atoms with van der Waals surface area (Å²) in [6.07, 6.45) is -4.75. The lowest BCUT2D eigenvalue weighted by molar-refractivity contribution is -0.0884. The fourth-order valence-electron chi connectivity index (χ4n) is 0.557. The molecule has 0 aliphatic heterocycles. The molecular formula is C6H3F3OS. The fourth-order valence-corrected chi connectivity index (χ4v) is 1.19. The third-order valence-corrected chi connectivity index (χ3v) is 1.72. The highest BCUT2D eigenvalue weighted by atomic mass is 32.1. The molecule has 0 unspecified atom stereocenters. The summed E-state index contributed by atoms with van der Waals surface area (Å²) in [6.45, 7) is 0. The van der Waals surface area contributed by atoms with Crippen molar-refractivity contribution in [2.75, 3.05) is 0 Å². The van der Waals surface area contributed by atoms with Crippen LogP contribution in [0.15, 0.2) is 16.8 Å². The maximum absolute atomic E-state index is 11.7. The van der Waals surface area contributed by atoms with Crippen molar-refractivity contribution in [2.24, 2.45) is 0 Å². The van der Waals surface area contributed by atoms with Crippen LogP contribution in [0.4, 0.5) is 13.2 Å².